The molecule has 0 aliphatic carbocycles. The van der Waals surface area contributed by atoms with Gasteiger partial charge in [0.1, 0.15) is 11.6 Å². The number of amides is 1. The largest absolute Gasteiger partial charge is 0.497 e. The first-order valence-corrected chi connectivity index (χ1v) is 8.16. The summed E-state index contributed by atoms with van der Waals surface area (Å²) < 4.78 is 18.9. The lowest BCUT2D eigenvalue weighted by atomic mass is 9.96. The van der Waals surface area contributed by atoms with E-state index in [9.17, 15) is 9.18 Å². The Kier molecular flexibility index (Phi) is 6.36. The minimum Gasteiger partial charge on any atom is -0.497 e. The smallest absolute Gasteiger partial charge is 0.225 e. The van der Waals surface area contributed by atoms with Crippen molar-refractivity contribution in [2.24, 2.45) is 5.92 Å². The predicted octanol–water partition coefficient (Wildman–Crippen LogP) is 4.28. The summed E-state index contributed by atoms with van der Waals surface area (Å²) in [6.07, 6.45) is 0.854. The SMILES string of the molecule is COc1ccc([C@H](CC(C)C)NC(=O)Cc2ccccc2F)cc1. The summed E-state index contributed by atoms with van der Waals surface area (Å²) in [6, 6.07) is 13.9. The highest BCUT2D eigenvalue weighted by Crippen LogP contribution is 2.23. The fraction of sp³-hybridized carbons (Fsp3) is 0.350. The third-order valence-corrected chi connectivity index (χ3v) is 3.87. The molecule has 24 heavy (non-hydrogen) atoms. The number of halogens is 1. The van der Waals surface area contributed by atoms with Crippen LogP contribution >= 0.6 is 0 Å². The minimum absolute atomic E-state index is 0.0391. The van der Waals surface area contributed by atoms with Crippen molar-refractivity contribution in [3.05, 3.63) is 65.5 Å². The van der Waals surface area contributed by atoms with Gasteiger partial charge in [0.2, 0.25) is 5.91 Å². The minimum atomic E-state index is -0.350. The zero-order valence-corrected chi connectivity index (χ0v) is 14.4. The van der Waals surface area contributed by atoms with Crippen LogP contribution in [0.4, 0.5) is 4.39 Å². The van der Waals surface area contributed by atoms with Gasteiger partial charge in [-0.05, 0) is 41.7 Å². The molecule has 0 aromatic heterocycles. The topological polar surface area (TPSA) is 38.3 Å². The molecule has 4 heteroatoms. The van der Waals surface area contributed by atoms with Crippen LogP contribution in [0.3, 0.4) is 0 Å². The van der Waals surface area contributed by atoms with E-state index < -0.39 is 0 Å². The molecular weight excluding hydrogens is 305 g/mol. The van der Waals surface area contributed by atoms with Crippen LogP contribution in [0.1, 0.15) is 37.4 Å². The molecule has 2 aromatic carbocycles. The molecule has 0 fully saturated rings. The second-order valence-electron chi connectivity index (χ2n) is 6.29. The van der Waals surface area contributed by atoms with Gasteiger partial charge in [-0.15, -0.1) is 0 Å². The Morgan fingerprint density at radius 1 is 1.12 bits per heavy atom. The van der Waals surface area contributed by atoms with E-state index >= 15 is 0 Å². The van der Waals surface area contributed by atoms with E-state index in [2.05, 4.69) is 19.2 Å². The fourth-order valence-electron chi connectivity index (χ4n) is 2.65. The Morgan fingerprint density at radius 2 is 1.79 bits per heavy atom. The van der Waals surface area contributed by atoms with Crippen molar-refractivity contribution < 1.29 is 13.9 Å². The average molecular weight is 329 g/mol. The van der Waals surface area contributed by atoms with Crippen LogP contribution in [0.15, 0.2) is 48.5 Å². The molecule has 0 bridgehead atoms. The molecule has 1 atom stereocenters. The molecule has 2 rings (SSSR count). The lowest BCUT2D eigenvalue weighted by Gasteiger charge is -2.21. The quantitative estimate of drug-likeness (QED) is 0.823. The van der Waals surface area contributed by atoms with Crippen molar-refractivity contribution in [2.75, 3.05) is 7.11 Å². The highest BCUT2D eigenvalue weighted by molar-refractivity contribution is 5.79. The van der Waals surface area contributed by atoms with Crippen molar-refractivity contribution in [3.8, 4) is 5.75 Å². The Balaban J connectivity index is 2.10. The maximum atomic E-state index is 13.7. The van der Waals surface area contributed by atoms with Gasteiger partial charge in [0.15, 0.2) is 0 Å². The standard InChI is InChI=1S/C20H24FNO2/c1-14(2)12-19(15-8-10-17(24-3)11-9-15)22-20(23)13-16-6-4-5-7-18(16)21/h4-11,14,19H,12-13H2,1-3H3,(H,22,23)/t19-/m0/s1. The molecule has 0 saturated heterocycles. The van der Waals surface area contributed by atoms with Crippen molar-refractivity contribution in [1.82, 2.24) is 5.32 Å². The zero-order valence-electron chi connectivity index (χ0n) is 14.4. The lowest BCUT2D eigenvalue weighted by molar-refractivity contribution is -0.121. The number of carbonyl (C=O) groups is 1. The van der Waals surface area contributed by atoms with Crippen molar-refractivity contribution >= 4 is 5.91 Å². The van der Waals surface area contributed by atoms with Crippen LogP contribution in [0.25, 0.3) is 0 Å². The highest BCUT2D eigenvalue weighted by Gasteiger charge is 2.17. The van der Waals surface area contributed by atoms with Gasteiger partial charge in [0.05, 0.1) is 19.6 Å². The summed E-state index contributed by atoms with van der Waals surface area (Å²) in [7, 11) is 1.62. The number of rotatable bonds is 7. The van der Waals surface area contributed by atoms with Gasteiger partial charge in [0, 0.05) is 0 Å². The summed E-state index contributed by atoms with van der Waals surface area (Å²) >= 11 is 0. The zero-order chi connectivity index (χ0) is 17.5. The number of benzene rings is 2. The van der Waals surface area contributed by atoms with E-state index in [1.807, 2.05) is 24.3 Å². The molecule has 0 unspecified atom stereocenters. The molecule has 0 radical (unpaired) electrons. The summed E-state index contributed by atoms with van der Waals surface area (Å²) in [6.45, 7) is 4.22. The van der Waals surface area contributed by atoms with Crippen LogP contribution < -0.4 is 10.1 Å². The van der Waals surface area contributed by atoms with Gasteiger partial charge in [-0.25, -0.2) is 4.39 Å². The third kappa shape index (κ3) is 5.08. The first-order valence-electron chi connectivity index (χ1n) is 8.16. The molecule has 1 amide bonds. The van der Waals surface area contributed by atoms with Gasteiger partial charge in [-0.3, -0.25) is 4.79 Å². The Morgan fingerprint density at radius 3 is 2.38 bits per heavy atom. The molecule has 1 N–H and O–H groups in total. The lowest BCUT2D eigenvalue weighted by Crippen LogP contribution is -2.31. The molecule has 0 saturated carbocycles. The van der Waals surface area contributed by atoms with Gasteiger partial charge in [0.25, 0.3) is 0 Å². The Labute approximate surface area is 142 Å². The molecule has 0 aliphatic heterocycles. The van der Waals surface area contributed by atoms with Gasteiger partial charge in [-0.2, -0.15) is 0 Å². The first kappa shape index (κ1) is 18.0. The van der Waals surface area contributed by atoms with E-state index in [-0.39, 0.29) is 24.2 Å². The van der Waals surface area contributed by atoms with Crippen molar-refractivity contribution in [1.29, 1.82) is 0 Å². The van der Waals surface area contributed by atoms with E-state index in [0.717, 1.165) is 17.7 Å². The number of methoxy groups -OCH3 is 1. The van der Waals surface area contributed by atoms with Gasteiger partial charge in [-0.1, -0.05) is 44.2 Å². The summed E-state index contributed by atoms with van der Waals surface area (Å²) in [5.74, 6) is 0.671. The fourth-order valence-corrected chi connectivity index (χ4v) is 2.65. The molecule has 2 aromatic rings. The highest BCUT2D eigenvalue weighted by atomic mass is 19.1. The van der Waals surface area contributed by atoms with Crippen LogP contribution in [0.2, 0.25) is 0 Å². The molecule has 3 nitrogen and oxygen atoms in total. The number of hydrogen-bond acceptors (Lipinski definition) is 2. The summed E-state index contributed by atoms with van der Waals surface area (Å²) in [5, 5.41) is 3.03. The second-order valence-corrected chi connectivity index (χ2v) is 6.29. The van der Waals surface area contributed by atoms with Crippen LogP contribution in [0.5, 0.6) is 5.75 Å². The number of carbonyl (C=O) groups excluding carboxylic acids is 1. The second kappa shape index (κ2) is 8.48. The summed E-state index contributed by atoms with van der Waals surface area (Å²) in [4.78, 5) is 12.4. The van der Waals surface area contributed by atoms with Crippen molar-refractivity contribution in [2.45, 2.75) is 32.7 Å². The molecule has 0 spiro atoms. The van der Waals surface area contributed by atoms with E-state index in [1.54, 1.807) is 25.3 Å². The molecule has 0 heterocycles. The molecular formula is C20H24FNO2. The number of hydrogen-bond donors (Lipinski definition) is 1. The van der Waals surface area contributed by atoms with Crippen molar-refractivity contribution in [3.63, 3.8) is 0 Å². The van der Waals surface area contributed by atoms with Gasteiger partial charge >= 0.3 is 0 Å². The maximum Gasteiger partial charge on any atom is 0.225 e. The van der Waals surface area contributed by atoms with Crippen LogP contribution in [0, 0.1) is 11.7 Å². The first-order chi connectivity index (χ1) is 11.5. The number of ether oxygens (including phenoxy) is 1. The van der Waals surface area contributed by atoms with E-state index in [1.165, 1.54) is 6.07 Å². The predicted molar refractivity (Wildman–Crippen MR) is 93.4 cm³/mol. The normalized spacial score (nSPS) is 12.0. The number of nitrogens with one attached hydrogen (secondary N) is 1. The monoisotopic (exact) mass is 329 g/mol. The van der Waals surface area contributed by atoms with E-state index in [0.29, 0.717) is 11.5 Å². The Bertz CT molecular complexity index is 668. The molecule has 0 aliphatic rings. The maximum absolute atomic E-state index is 13.7. The van der Waals surface area contributed by atoms with E-state index in [4.69, 9.17) is 4.74 Å². The third-order valence-electron chi connectivity index (χ3n) is 3.87. The summed E-state index contributed by atoms with van der Waals surface area (Å²) in [5.41, 5.74) is 1.43. The average Bonchev–Trinajstić information content (AvgIpc) is 2.56. The van der Waals surface area contributed by atoms with Crippen LogP contribution in [-0.4, -0.2) is 13.0 Å². The Hall–Kier alpha value is -2.36. The molecule has 128 valence electrons. The van der Waals surface area contributed by atoms with Crippen LogP contribution in [-0.2, 0) is 11.2 Å². The van der Waals surface area contributed by atoms with Gasteiger partial charge < -0.3 is 10.1 Å².